The first-order chi connectivity index (χ1) is 22.0. The van der Waals surface area contributed by atoms with E-state index in [1.807, 2.05) is 0 Å². The number of carboxylic acids is 1. The van der Waals surface area contributed by atoms with Gasteiger partial charge in [0.05, 0.1) is 27.2 Å². The monoisotopic (exact) mass is 746 g/mol. The number of anilines is 1. The van der Waals surface area contributed by atoms with E-state index in [-0.39, 0.29) is 26.4 Å². The Kier molecular flexibility index (Phi) is 9.89. The number of likely N-dealkylation sites (N-methyl/N-ethyl adjacent to an activating group) is 2. The van der Waals surface area contributed by atoms with Crippen molar-refractivity contribution < 1.29 is 40.3 Å². The van der Waals surface area contributed by atoms with Gasteiger partial charge in [-0.2, -0.15) is 0 Å². The second kappa shape index (κ2) is 12.7. The molecule has 0 atom stereocenters. The van der Waals surface area contributed by atoms with Crippen LogP contribution in [0.2, 0.25) is 10.0 Å². The van der Waals surface area contributed by atoms with Crippen molar-refractivity contribution in [1.82, 2.24) is 4.58 Å². The third kappa shape index (κ3) is 7.49. The van der Waals surface area contributed by atoms with Gasteiger partial charge in [0.1, 0.15) is 18.0 Å². The number of fused-ring (bicyclic) bond motifs is 4. The van der Waals surface area contributed by atoms with Gasteiger partial charge < -0.3 is 19.4 Å². The van der Waals surface area contributed by atoms with E-state index < -0.39 is 14.1 Å². The molecule has 3 aromatic carbocycles. The van der Waals surface area contributed by atoms with Crippen LogP contribution in [0.3, 0.4) is 0 Å². The molecule has 3 aliphatic heterocycles. The van der Waals surface area contributed by atoms with Crippen molar-refractivity contribution >= 4 is 60.2 Å². The van der Waals surface area contributed by atoms with E-state index >= 15 is 0 Å². The van der Waals surface area contributed by atoms with Crippen LogP contribution in [0.4, 0.5) is 26.7 Å². The fourth-order valence-corrected chi connectivity index (χ4v) is 7.28. The standard InChI is InChI=1S/C35H34Cl2N2O3.F5P.FH/c1-8-38-28-16-30-24(12-20(28)10-11-34(38,4)5)32(22-14-26(36)27(37)15-23(22)33(40)41)25-13-21-19(3)18-35(6,7)39(9-2)29(21)17-31(25)42-30;1-6(2,3,4)5;/h10-18H,8-9H2,1-7H3;;1H. The maximum absolute atomic E-state index is 12.6. The molecule has 14 heteroatoms. The molecule has 3 heterocycles. The molecule has 0 aromatic heterocycles. The van der Waals surface area contributed by atoms with Crippen molar-refractivity contribution in [2.24, 2.45) is 0 Å². The molecule has 0 radical (unpaired) electrons. The van der Waals surface area contributed by atoms with Gasteiger partial charge >= 0.3 is 35.1 Å². The largest absolute Gasteiger partial charge is 1.00 e. The number of hydrogen-bond acceptors (Lipinski definition) is 3. The molecular formula is C35H35Cl2F6N2O3P. The molecule has 6 rings (SSSR count). The van der Waals surface area contributed by atoms with E-state index in [4.69, 9.17) is 27.9 Å². The summed E-state index contributed by atoms with van der Waals surface area (Å²) in [6.07, 6.45) is 6.63. The molecule has 1 N–H and O–H groups in total. The number of rotatable bonds is 4. The van der Waals surface area contributed by atoms with Crippen LogP contribution in [0.25, 0.3) is 17.2 Å². The molecule has 0 fully saturated rings. The molecule has 0 aliphatic carbocycles. The van der Waals surface area contributed by atoms with Gasteiger partial charge in [-0.05, 0) is 82.2 Å². The topological polar surface area (TPSA) is 52.8 Å². The Morgan fingerprint density at radius 2 is 1.53 bits per heavy atom. The van der Waals surface area contributed by atoms with Gasteiger partial charge in [-0.15, -0.1) is 0 Å². The Balaban J connectivity index is 0.000000710. The van der Waals surface area contributed by atoms with Crippen LogP contribution in [-0.2, 0) is 0 Å². The normalized spacial score (nSPS) is 17.4. The predicted octanol–water partition coefficient (Wildman–Crippen LogP) is 7.35. The Labute approximate surface area is 290 Å². The molecule has 3 aromatic rings. The fraction of sp³-hybridized carbons (Fsp3) is 0.314. The number of halogens is 8. The second-order valence-corrected chi connectivity index (χ2v) is 15.1. The van der Waals surface area contributed by atoms with E-state index in [0.29, 0.717) is 22.1 Å². The van der Waals surface area contributed by atoms with E-state index in [0.717, 1.165) is 57.2 Å². The molecule has 0 spiro atoms. The third-order valence-corrected chi connectivity index (χ3v) is 9.54. The predicted molar refractivity (Wildman–Crippen MR) is 185 cm³/mol. The van der Waals surface area contributed by atoms with Crippen molar-refractivity contribution in [1.29, 1.82) is 0 Å². The summed E-state index contributed by atoms with van der Waals surface area (Å²) in [4.78, 5) is 15.0. The molecule has 0 saturated heterocycles. The summed E-state index contributed by atoms with van der Waals surface area (Å²) in [5.41, 5.74) is 6.22. The summed E-state index contributed by atoms with van der Waals surface area (Å²) >= 11 is 12.9. The average Bonchev–Trinajstić information content (AvgIpc) is 2.93. The van der Waals surface area contributed by atoms with E-state index in [9.17, 15) is 30.9 Å². The van der Waals surface area contributed by atoms with Crippen molar-refractivity contribution in [3.05, 3.63) is 97.0 Å². The molecule has 49 heavy (non-hydrogen) atoms. The number of hydrogen-bond donors (Lipinski definition) is 1. The zero-order chi connectivity index (χ0) is 35.7. The Morgan fingerprint density at radius 3 is 2.10 bits per heavy atom. The summed E-state index contributed by atoms with van der Waals surface area (Å²) in [6, 6.07) is 11.5. The third-order valence-electron chi connectivity index (χ3n) is 8.82. The molecule has 264 valence electrons. The first kappa shape index (κ1) is 38.3. The molecule has 0 saturated carbocycles. The van der Waals surface area contributed by atoms with E-state index in [1.54, 1.807) is 6.07 Å². The van der Waals surface area contributed by atoms with Crippen LogP contribution >= 0.6 is 31.4 Å². The molecule has 3 aliphatic rings. The number of carboxylic acid groups (broad SMARTS) is 1. The summed E-state index contributed by atoms with van der Waals surface area (Å²) in [5, 5.41) is 12.7. The van der Waals surface area contributed by atoms with E-state index in [2.05, 4.69) is 100 Å². The number of benzene rings is 3. The van der Waals surface area contributed by atoms with Gasteiger partial charge in [-0.1, -0.05) is 29.3 Å². The van der Waals surface area contributed by atoms with Gasteiger partial charge in [-0.25, -0.2) is 9.37 Å². The smallest absolute Gasteiger partial charge is 1.00 e. The van der Waals surface area contributed by atoms with Crippen molar-refractivity contribution in [3.8, 4) is 11.5 Å². The average molecular weight is 748 g/mol. The van der Waals surface area contributed by atoms with Crippen LogP contribution in [0.5, 0.6) is 11.5 Å². The van der Waals surface area contributed by atoms with Crippen LogP contribution in [0.15, 0.2) is 48.6 Å². The number of nitrogens with zero attached hydrogens (tertiary/aromatic N) is 2. The minimum absolute atomic E-state index is 0. The minimum atomic E-state index is -8.55. The van der Waals surface area contributed by atoms with Crippen LogP contribution in [-0.4, -0.2) is 35.2 Å². The Bertz CT molecular complexity index is 2070. The second-order valence-electron chi connectivity index (χ2n) is 13.0. The molecule has 5 nitrogen and oxygen atoms in total. The SMILES string of the molecule is CCN1c2cc3c(cc2C(C)=CC1(C)C)C(c1cc(Cl)c(Cl)cc1C(=O)O)=c1cc2c(cc1O3)=[N+](CC)C(C)(C)C=C2.FP(F)(F)(F)F.[F-]. The molecule has 0 bridgehead atoms. The van der Waals surface area contributed by atoms with Crippen LogP contribution in [0.1, 0.15) is 81.1 Å². The van der Waals surface area contributed by atoms with Crippen LogP contribution < -0.4 is 29.5 Å². The van der Waals surface area contributed by atoms with Crippen molar-refractivity contribution in [3.63, 3.8) is 0 Å². The first-order valence-electron chi connectivity index (χ1n) is 15.2. The van der Waals surface area contributed by atoms with Gasteiger partial charge in [-0.3, -0.25) is 0 Å². The summed E-state index contributed by atoms with van der Waals surface area (Å²) in [7, 11) is -8.55. The van der Waals surface area contributed by atoms with Gasteiger partial charge in [0, 0.05) is 59.6 Å². The van der Waals surface area contributed by atoms with E-state index in [1.165, 1.54) is 6.07 Å². The summed E-state index contributed by atoms with van der Waals surface area (Å²) < 4.78 is 58.3. The number of allylic oxidation sites excluding steroid dienone is 1. The zero-order valence-electron chi connectivity index (χ0n) is 27.7. The zero-order valence-corrected chi connectivity index (χ0v) is 30.1. The number of aromatic carboxylic acids is 1. The van der Waals surface area contributed by atoms with Crippen LogP contribution in [0, 0.1) is 0 Å². The fourth-order valence-electron chi connectivity index (χ4n) is 6.95. The van der Waals surface area contributed by atoms with Gasteiger partial charge in [0.25, 0.3) is 0 Å². The van der Waals surface area contributed by atoms with Crippen molar-refractivity contribution in [2.75, 3.05) is 18.0 Å². The van der Waals surface area contributed by atoms with Gasteiger partial charge in [0.2, 0.25) is 5.36 Å². The Hall–Kier alpha value is -3.53. The Morgan fingerprint density at radius 1 is 0.918 bits per heavy atom. The molecule has 0 unspecified atom stereocenters. The molecule has 0 amide bonds. The molecular weight excluding hydrogens is 712 g/mol. The summed E-state index contributed by atoms with van der Waals surface area (Å²) in [6.45, 7) is 16.9. The van der Waals surface area contributed by atoms with Gasteiger partial charge in [0.15, 0.2) is 5.54 Å². The number of carbonyl (C=O) groups is 1. The summed E-state index contributed by atoms with van der Waals surface area (Å²) in [5.74, 6) is 0.278. The minimum Gasteiger partial charge on any atom is -1.00 e. The first-order valence-corrected chi connectivity index (χ1v) is 17.6. The quantitative estimate of drug-likeness (QED) is 0.135. The maximum Gasteiger partial charge on any atom is -1.00 e. The maximum atomic E-state index is 12.6. The number of ether oxygens (including phenoxy) is 1. The van der Waals surface area contributed by atoms with Crippen molar-refractivity contribution in [2.45, 2.75) is 59.5 Å².